The molecule has 0 bridgehead atoms. The van der Waals surface area contributed by atoms with Crippen molar-refractivity contribution in [1.29, 1.82) is 0 Å². The van der Waals surface area contributed by atoms with E-state index in [-0.39, 0.29) is 112 Å². The number of hydrogen-bond donors (Lipinski definition) is 13. The maximum atomic E-state index is 13.7. The van der Waals surface area contributed by atoms with Crippen molar-refractivity contribution in [3.8, 4) is 5.75 Å². The van der Waals surface area contributed by atoms with Crippen LogP contribution in [0.3, 0.4) is 0 Å². The maximum Gasteiger partial charge on any atom is 0.472 e. The minimum atomic E-state index is -4.84. The molecule has 4 saturated heterocycles. The van der Waals surface area contributed by atoms with Crippen molar-refractivity contribution in [1.82, 2.24) is 46.8 Å². The van der Waals surface area contributed by atoms with Crippen LogP contribution in [-0.4, -0.2) is 257 Å². The lowest BCUT2D eigenvalue weighted by atomic mass is 9.92. The van der Waals surface area contributed by atoms with Crippen molar-refractivity contribution in [2.75, 3.05) is 104 Å². The molecule has 4 heterocycles. The van der Waals surface area contributed by atoms with E-state index in [2.05, 4.69) is 126 Å². The van der Waals surface area contributed by atoms with E-state index in [9.17, 15) is 72.9 Å². The zero-order valence-corrected chi connectivity index (χ0v) is 92.0. The zero-order chi connectivity index (χ0) is 104. The number of thiol groups is 1. The molecule has 4 fully saturated rings. The molecular formula is C106H187N9O23P2S3. The Morgan fingerprint density at radius 3 is 1.71 bits per heavy atom. The first-order valence-corrected chi connectivity index (χ1v) is 61.4. The monoisotopic (exact) mass is 2110 g/mol. The number of hydrogen-bond acceptors (Lipinski definition) is 25. The average molecular weight is 2110 g/mol. The molecule has 4 aliphatic rings. The number of phosphoric ester groups is 1. The number of phosphoric acid groups is 1. The fourth-order valence-electron chi connectivity index (χ4n) is 17.9. The highest BCUT2D eigenvalue weighted by Gasteiger charge is 2.45. The summed E-state index contributed by atoms with van der Waals surface area (Å²) < 4.78 is 72.5. The van der Waals surface area contributed by atoms with E-state index in [4.69, 9.17) is 37.3 Å². The number of rotatable bonds is 87. The minimum Gasteiger partial charge on any atom is -0.494 e. The molecule has 0 radical (unpaired) electrons. The summed E-state index contributed by atoms with van der Waals surface area (Å²) in [6.45, 7) is 9.06. The molecule has 14 atom stereocenters. The van der Waals surface area contributed by atoms with Crippen molar-refractivity contribution in [2.45, 2.75) is 435 Å². The third-order valence-corrected chi connectivity index (χ3v) is 31.0. The zero-order valence-electron chi connectivity index (χ0n) is 87.6. The number of carbonyl (C=O) groups excluding carboxylic acids is 7. The van der Waals surface area contributed by atoms with Gasteiger partial charge in [0, 0.05) is 121 Å². The number of benzene rings is 1. The van der Waals surface area contributed by atoms with Crippen LogP contribution in [0.15, 0.2) is 72.9 Å². The Bertz CT molecular complexity index is 3760. The van der Waals surface area contributed by atoms with Gasteiger partial charge in [-0.05, 0) is 205 Å². The second kappa shape index (κ2) is 79.2. The molecule has 32 nitrogen and oxygen atoms in total. The van der Waals surface area contributed by atoms with E-state index in [1.54, 1.807) is 6.92 Å². The van der Waals surface area contributed by atoms with Crippen molar-refractivity contribution in [3.05, 3.63) is 78.4 Å². The van der Waals surface area contributed by atoms with Gasteiger partial charge in [-0.25, -0.2) is 14.6 Å². The van der Waals surface area contributed by atoms with Crippen LogP contribution in [0.4, 0.5) is 0 Å². The van der Waals surface area contributed by atoms with Crippen molar-refractivity contribution in [3.63, 3.8) is 0 Å². The van der Waals surface area contributed by atoms with Gasteiger partial charge in [-0.3, -0.25) is 52.6 Å². The number of nitrogens with one attached hydrogen (secondary N) is 6. The van der Waals surface area contributed by atoms with Gasteiger partial charge in [-0.15, -0.1) is 0 Å². The van der Waals surface area contributed by atoms with Gasteiger partial charge in [-0.1, -0.05) is 231 Å². The molecule has 37 heteroatoms. The fourth-order valence-corrected chi connectivity index (χ4v) is 21.5. The molecule has 0 aliphatic carbocycles. The van der Waals surface area contributed by atoms with E-state index < -0.39 is 101 Å². The van der Waals surface area contributed by atoms with E-state index in [0.717, 1.165) is 95.7 Å². The maximum absolute atomic E-state index is 13.7. The number of hydrazine groups is 1. The van der Waals surface area contributed by atoms with Gasteiger partial charge in [0.25, 0.3) is 0 Å². The lowest BCUT2D eigenvalue weighted by molar-refractivity contribution is -0.282. The first kappa shape index (κ1) is 129. The summed E-state index contributed by atoms with van der Waals surface area (Å²) in [6, 6.07) is 5.16. The van der Waals surface area contributed by atoms with Gasteiger partial charge in [0.1, 0.15) is 24.0 Å². The molecule has 143 heavy (non-hydrogen) atoms. The molecule has 7 amide bonds. The van der Waals surface area contributed by atoms with Gasteiger partial charge in [0.2, 0.25) is 41.4 Å². The lowest BCUT2D eigenvalue weighted by Gasteiger charge is -2.40. The molecule has 0 aromatic heterocycles. The number of carbonyl (C=O) groups is 7. The average Bonchev–Trinajstić information content (AvgIpc) is 1.71. The van der Waals surface area contributed by atoms with Crippen LogP contribution in [0.2, 0.25) is 0 Å². The van der Waals surface area contributed by atoms with Crippen LogP contribution in [0.5, 0.6) is 5.75 Å². The summed E-state index contributed by atoms with van der Waals surface area (Å²) >= 11 is 3.62. The van der Waals surface area contributed by atoms with Crippen LogP contribution in [0, 0.1) is 5.92 Å². The molecule has 1 aromatic carbocycles. The van der Waals surface area contributed by atoms with Crippen molar-refractivity contribution >= 4 is 89.8 Å². The van der Waals surface area contributed by atoms with E-state index in [1.165, 1.54) is 160 Å². The number of ether oxygens (including phenoxy) is 5. The van der Waals surface area contributed by atoms with E-state index in [1.807, 2.05) is 31.2 Å². The summed E-state index contributed by atoms with van der Waals surface area (Å²) in [4.78, 5) is 117. The molecule has 0 saturated carbocycles. The van der Waals surface area contributed by atoms with Crippen LogP contribution in [-0.2, 0) is 75.2 Å². The third-order valence-electron chi connectivity index (χ3n) is 26.6. The van der Waals surface area contributed by atoms with Gasteiger partial charge in [-0.2, -0.15) is 0 Å². The van der Waals surface area contributed by atoms with Crippen LogP contribution in [0.25, 0.3) is 0 Å². The first-order valence-electron chi connectivity index (χ1n) is 54.7. The standard InChI is InChI=1S/C106H187N9O23P2S3/c1-7-10-13-15-17-19-21-23-25-27-29-31-33-35-37-45-66-106(67-46-38-36-34-32-30-28-26-24-22-20-18-16-14-11-8-2)133-84-92(137-106)64-72-113(6)71-50-49-69-108-97(119)57-52-74-131-91-62-60-87(61-63-91)86(5)111-112-99(121)65-76-143-142-75-53-59-101(123)115-80-93(78-89(115)83-135-140(129,130)141)138-139(127,128)134-82-88-77-90(117)79-114(88)100(122)58-43-40-47-68-107-96(118)55-42-39-48-70-109-104(126)94(54-41-12-9-3)110-98(120)56-44-51-73-132-105-85(4)102(124)103(125)95(81-116)136-105/h17-20,23-26,60-63,85-86,88-90,92-95,102-103,105,111,116-117,124-125H,7-16,21-22,27-59,64-84H2,1-6H3,(H,107,118)(H,108,119)(H,109,126)(H,110,120)(H,112,121)(H,127,128)(H2,129,130,141)/b19-17-,20-18-,25-23-,26-24-/t85-,86?,88-,89-,90+,92?,93+,94-,95?,102+,103-,105?/m0/s1. The fraction of sp³-hybridized carbons (Fsp3) is 0.802. The Hall–Kier alpha value is -4.82. The molecule has 1 aromatic rings. The molecule has 5 rings (SSSR count). The number of β-amino-alcohol motifs (C(OH)–C–C–N with tert-alkyl or cyclic N) is 1. The minimum absolute atomic E-state index is 0.000448. The van der Waals surface area contributed by atoms with Crippen molar-refractivity contribution in [2.24, 2.45) is 5.92 Å². The second-order valence-electron chi connectivity index (χ2n) is 39.3. The quantitative estimate of drug-likeness (QED) is 0.00719. The summed E-state index contributed by atoms with van der Waals surface area (Å²) in [7, 11) is 0.324. The Labute approximate surface area is 870 Å². The summed E-state index contributed by atoms with van der Waals surface area (Å²) in [5.74, 6) is -0.670. The van der Waals surface area contributed by atoms with Crippen LogP contribution in [0.1, 0.15) is 374 Å². The number of likely N-dealkylation sites (tertiary alicyclic amines) is 2. The summed E-state index contributed by atoms with van der Waals surface area (Å²) in [5.41, 5.74) is 6.79. The SMILES string of the molecule is CCCCC/C=C\C/C=C\CCCCCCCCC1(CCCCCCCC/C=C\C/C=C\CCCCC)OCC(CCN(C)CCCCNC(=O)CCCOc2ccc(C(C)NNC(=O)CCSSCCCC(=O)N3C[C@H](OP(=O)(O)OC[C@@H]4C[C@@H](O)CN4C(=O)CCCCCNC(=O)CCCCCNC(=O)[C@H](CCCCC)NC(=O)CCCCOC4OC(CO)[C@H](O)[C@H](O)[C@@H]4C)C[C@H]3COP(=O)(O)S)cc2)O1. The Morgan fingerprint density at radius 2 is 1.09 bits per heavy atom. The van der Waals surface area contributed by atoms with Crippen molar-refractivity contribution < 1.29 is 110 Å². The summed E-state index contributed by atoms with van der Waals surface area (Å²) in [5, 5.41) is 52.3. The smallest absolute Gasteiger partial charge is 0.472 e. The number of aliphatic hydroxyl groups excluding tert-OH is 4. The van der Waals surface area contributed by atoms with E-state index in [0.29, 0.717) is 134 Å². The molecule has 12 N–H and O–H groups in total. The number of nitrogens with zero attached hydrogens (tertiary/aromatic N) is 3. The lowest BCUT2D eigenvalue weighted by Crippen LogP contribution is -2.55. The molecular weight excluding hydrogens is 1930 g/mol. The highest BCUT2D eigenvalue weighted by atomic mass is 33.1. The second-order valence-corrected chi connectivity index (χ2v) is 46.2. The number of amides is 7. The van der Waals surface area contributed by atoms with Gasteiger partial charge in [0.15, 0.2) is 12.1 Å². The Balaban J connectivity index is 0.868. The highest BCUT2D eigenvalue weighted by Crippen LogP contribution is 2.50. The first-order chi connectivity index (χ1) is 69.1. The summed E-state index contributed by atoms with van der Waals surface area (Å²) in [6.07, 6.45) is 57.3. The van der Waals surface area contributed by atoms with Crippen LogP contribution < -0.4 is 36.9 Å². The molecule has 6 unspecified atom stereocenters. The molecule has 0 spiro atoms. The van der Waals surface area contributed by atoms with Gasteiger partial charge < -0.3 is 89.9 Å². The molecule has 822 valence electrons. The Kier molecular flexibility index (Phi) is 71.3. The highest BCUT2D eigenvalue weighted by molar-refractivity contribution is 8.76. The predicted molar refractivity (Wildman–Crippen MR) is 573 cm³/mol. The van der Waals surface area contributed by atoms with Gasteiger partial charge >= 0.3 is 14.6 Å². The third kappa shape index (κ3) is 60.7. The topological polar surface area (TPSA) is 431 Å². The predicted octanol–water partition coefficient (Wildman–Crippen LogP) is 18.6. The number of aliphatic hydroxyl groups is 4. The molecule has 4 aliphatic heterocycles. The Morgan fingerprint density at radius 1 is 0.566 bits per heavy atom. The number of unbranched alkanes of at least 4 members (excludes halogenated alkanes) is 26. The van der Waals surface area contributed by atoms with Crippen LogP contribution >= 0.6 is 48.5 Å². The normalized spacial score (nSPS) is 21.0. The van der Waals surface area contributed by atoms with E-state index >= 15 is 0 Å². The van der Waals surface area contributed by atoms with Gasteiger partial charge in [0.05, 0.1) is 69.5 Å². The number of allylic oxidation sites excluding steroid dienone is 8. The largest absolute Gasteiger partial charge is 0.494 e.